The second-order valence-corrected chi connectivity index (χ2v) is 4.36. The molecule has 116 valence electrons. The van der Waals surface area contributed by atoms with E-state index in [1.165, 1.54) is 7.11 Å². The number of amides is 2. The molecule has 0 fully saturated rings. The average Bonchev–Trinajstić information content (AvgIpc) is 2.48. The molecule has 1 aromatic carbocycles. The van der Waals surface area contributed by atoms with Gasteiger partial charge in [-0.25, -0.2) is 0 Å². The van der Waals surface area contributed by atoms with Crippen molar-refractivity contribution in [3.8, 4) is 11.5 Å². The predicted molar refractivity (Wildman–Crippen MR) is 80.7 cm³/mol. The van der Waals surface area contributed by atoms with Crippen molar-refractivity contribution in [2.24, 2.45) is 0 Å². The van der Waals surface area contributed by atoms with Crippen LogP contribution in [0.2, 0.25) is 0 Å². The summed E-state index contributed by atoms with van der Waals surface area (Å²) in [5, 5.41) is 2.68. The Balaban J connectivity index is 2.69. The third kappa shape index (κ3) is 4.66. The Bertz CT molecular complexity index is 498. The van der Waals surface area contributed by atoms with Crippen molar-refractivity contribution >= 4 is 17.5 Å². The Morgan fingerprint density at radius 2 is 1.71 bits per heavy atom. The second-order valence-electron chi connectivity index (χ2n) is 4.36. The Morgan fingerprint density at radius 1 is 1.10 bits per heavy atom. The van der Waals surface area contributed by atoms with Gasteiger partial charge in [-0.05, 0) is 26.0 Å². The van der Waals surface area contributed by atoms with Crippen molar-refractivity contribution in [2.75, 3.05) is 32.6 Å². The van der Waals surface area contributed by atoms with Crippen molar-refractivity contribution < 1.29 is 19.1 Å². The molecular formula is C15H22N2O4. The Kier molecular flexibility index (Phi) is 6.52. The van der Waals surface area contributed by atoms with Crippen LogP contribution in [-0.4, -0.2) is 44.0 Å². The number of ether oxygens (including phenoxy) is 2. The molecule has 1 aromatic rings. The minimum atomic E-state index is -0.348. The van der Waals surface area contributed by atoms with E-state index in [4.69, 9.17) is 9.47 Å². The number of nitrogens with one attached hydrogen (secondary N) is 1. The SMILES string of the molecule is CCN(CC)C(=O)CC(=O)Nc1ccc(OC)c(OC)c1. The van der Waals surface area contributed by atoms with Crippen LogP contribution in [-0.2, 0) is 9.59 Å². The lowest BCUT2D eigenvalue weighted by Gasteiger charge is -2.18. The van der Waals surface area contributed by atoms with E-state index in [9.17, 15) is 9.59 Å². The molecular weight excluding hydrogens is 272 g/mol. The van der Waals surface area contributed by atoms with Crippen LogP contribution in [0.5, 0.6) is 11.5 Å². The number of carbonyl (C=O) groups excluding carboxylic acids is 2. The van der Waals surface area contributed by atoms with Gasteiger partial charge in [0.05, 0.1) is 14.2 Å². The zero-order chi connectivity index (χ0) is 15.8. The lowest BCUT2D eigenvalue weighted by atomic mass is 10.2. The van der Waals surface area contributed by atoms with Gasteiger partial charge in [-0.3, -0.25) is 9.59 Å². The van der Waals surface area contributed by atoms with Crippen molar-refractivity contribution in [2.45, 2.75) is 20.3 Å². The van der Waals surface area contributed by atoms with Gasteiger partial charge in [0.1, 0.15) is 6.42 Å². The quantitative estimate of drug-likeness (QED) is 0.780. The van der Waals surface area contributed by atoms with E-state index in [0.29, 0.717) is 30.3 Å². The zero-order valence-electron chi connectivity index (χ0n) is 12.9. The number of hydrogen-bond donors (Lipinski definition) is 1. The number of carbonyl (C=O) groups is 2. The molecule has 0 aromatic heterocycles. The molecule has 1 N–H and O–H groups in total. The molecule has 0 bridgehead atoms. The fraction of sp³-hybridized carbons (Fsp3) is 0.467. The minimum Gasteiger partial charge on any atom is -0.493 e. The summed E-state index contributed by atoms with van der Waals surface area (Å²) in [6.45, 7) is 4.96. The lowest BCUT2D eigenvalue weighted by molar-refractivity contribution is -0.134. The maximum Gasteiger partial charge on any atom is 0.233 e. The highest BCUT2D eigenvalue weighted by atomic mass is 16.5. The predicted octanol–water partition coefficient (Wildman–Crippen LogP) is 1.90. The molecule has 1 rings (SSSR count). The molecule has 0 saturated carbocycles. The van der Waals surface area contributed by atoms with Gasteiger partial charge in [-0.15, -0.1) is 0 Å². The van der Waals surface area contributed by atoms with E-state index in [2.05, 4.69) is 5.32 Å². The summed E-state index contributed by atoms with van der Waals surface area (Å²) in [6.07, 6.45) is -0.171. The van der Waals surface area contributed by atoms with Gasteiger partial charge in [-0.2, -0.15) is 0 Å². The molecule has 0 aliphatic heterocycles. The number of nitrogens with zero attached hydrogens (tertiary/aromatic N) is 1. The van der Waals surface area contributed by atoms with Crippen LogP contribution >= 0.6 is 0 Å². The van der Waals surface area contributed by atoms with Crippen LogP contribution < -0.4 is 14.8 Å². The molecule has 0 unspecified atom stereocenters. The standard InChI is InChI=1S/C15H22N2O4/c1-5-17(6-2)15(19)10-14(18)16-11-7-8-12(20-3)13(9-11)21-4/h7-9H,5-6,10H2,1-4H3,(H,16,18). The summed E-state index contributed by atoms with van der Waals surface area (Å²) in [5.41, 5.74) is 0.560. The van der Waals surface area contributed by atoms with Gasteiger partial charge >= 0.3 is 0 Å². The van der Waals surface area contributed by atoms with Crippen LogP contribution in [0.15, 0.2) is 18.2 Å². The number of benzene rings is 1. The molecule has 0 saturated heterocycles. The number of hydrogen-bond acceptors (Lipinski definition) is 4. The van der Waals surface area contributed by atoms with E-state index in [1.807, 2.05) is 13.8 Å². The monoisotopic (exact) mass is 294 g/mol. The van der Waals surface area contributed by atoms with Gasteiger partial charge in [0.25, 0.3) is 0 Å². The maximum atomic E-state index is 11.9. The summed E-state index contributed by atoms with van der Waals surface area (Å²) in [7, 11) is 3.06. The summed E-state index contributed by atoms with van der Waals surface area (Å²) < 4.78 is 10.3. The first-order valence-electron chi connectivity index (χ1n) is 6.85. The molecule has 21 heavy (non-hydrogen) atoms. The van der Waals surface area contributed by atoms with Crippen molar-refractivity contribution in [1.82, 2.24) is 4.90 Å². The minimum absolute atomic E-state index is 0.171. The summed E-state index contributed by atoms with van der Waals surface area (Å²) in [4.78, 5) is 25.4. The Hall–Kier alpha value is -2.24. The van der Waals surface area contributed by atoms with E-state index in [0.717, 1.165) is 0 Å². The second kappa shape index (κ2) is 8.14. The molecule has 0 radical (unpaired) electrons. The Labute approximate surface area is 125 Å². The first kappa shape index (κ1) is 16.8. The molecule has 0 atom stereocenters. The molecule has 0 aliphatic carbocycles. The molecule has 2 amide bonds. The summed E-state index contributed by atoms with van der Waals surface area (Å²) >= 11 is 0. The molecule has 0 heterocycles. The van der Waals surface area contributed by atoms with Gasteiger partial charge in [0, 0.05) is 24.8 Å². The van der Waals surface area contributed by atoms with E-state index in [1.54, 1.807) is 30.2 Å². The van der Waals surface area contributed by atoms with Crippen molar-refractivity contribution in [3.05, 3.63) is 18.2 Å². The first-order valence-corrected chi connectivity index (χ1v) is 6.85. The topological polar surface area (TPSA) is 67.9 Å². The largest absolute Gasteiger partial charge is 0.493 e. The summed E-state index contributed by atoms with van der Waals surface area (Å²) in [5.74, 6) is 0.567. The fourth-order valence-electron chi connectivity index (χ4n) is 1.94. The summed E-state index contributed by atoms with van der Waals surface area (Å²) in [6, 6.07) is 5.04. The fourth-order valence-corrected chi connectivity index (χ4v) is 1.94. The van der Waals surface area contributed by atoms with Crippen molar-refractivity contribution in [3.63, 3.8) is 0 Å². The van der Waals surface area contributed by atoms with Gasteiger partial charge in [0.2, 0.25) is 11.8 Å². The van der Waals surface area contributed by atoms with Crippen LogP contribution in [0.4, 0.5) is 5.69 Å². The first-order chi connectivity index (χ1) is 10.0. The lowest BCUT2D eigenvalue weighted by Crippen LogP contribution is -2.33. The highest BCUT2D eigenvalue weighted by molar-refractivity contribution is 6.03. The molecule has 0 aliphatic rings. The molecule has 6 heteroatoms. The van der Waals surface area contributed by atoms with Crippen LogP contribution in [0.3, 0.4) is 0 Å². The highest BCUT2D eigenvalue weighted by Gasteiger charge is 2.15. The third-order valence-corrected chi connectivity index (χ3v) is 3.10. The average molecular weight is 294 g/mol. The van der Waals surface area contributed by atoms with Crippen LogP contribution in [0, 0.1) is 0 Å². The zero-order valence-corrected chi connectivity index (χ0v) is 12.9. The molecule has 6 nitrogen and oxygen atoms in total. The smallest absolute Gasteiger partial charge is 0.233 e. The van der Waals surface area contributed by atoms with Gasteiger partial charge in [-0.1, -0.05) is 0 Å². The van der Waals surface area contributed by atoms with Crippen molar-refractivity contribution in [1.29, 1.82) is 0 Å². The van der Waals surface area contributed by atoms with Crippen LogP contribution in [0.1, 0.15) is 20.3 Å². The van der Waals surface area contributed by atoms with Gasteiger partial charge in [0.15, 0.2) is 11.5 Å². The molecule has 0 spiro atoms. The van der Waals surface area contributed by atoms with Crippen LogP contribution in [0.25, 0.3) is 0 Å². The number of rotatable bonds is 7. The van der Waals surface area contributed by atoms with Gasteiger partial charge < -0.3 is 19.7 Å². The van der Waals surface area contributed by atoms with E-state index < -0.39 is 0 Å². The Morgan fingerprint density at radius 3 is 2.24 bits per heavy atom. The normalized spacial score (nSPS) is 9.90. The number of anilines is 1. The van der Waals surface area contributed by atoms with E-state index >= 15 is 0 Å². The number of methoxy groups -OCH3 is 2. The maximum absolute atomic E-state index is 11.9. The third-order valence-electron chi connectivity index (χ3n) is 3.10. The van der Waals surface area contributed by atoms with E-state index in [-0.39, 0.29) is 18.2 Å². The highest BCUT2D eigenvalue weighted by Crippen LogP contribution is 2.29.